The summed E-state index contributed by atoms with van der Waals surface area (Å²) < 4.78 is 10.8. The van der Waals surface area contributed by atoms with E-state index in [1.807, 2.05) is 30.3 Å². The zero-order valence-electron chi connectivity index (χ0n) is 18.4. The van der Waals surface area contributed by atoms with Crippen molar-refractivity contribution in [3.8, 4) is 0 Å². The van der Waals surface area contributed by atoms with E-state index < -0.39 is 12.1 Å². The van der Waals surface area contributed by atoms with Gasteiger partial charge in [0.1, 0.15) is 19.6 Å². The van der Waals surface area contributed by atoms with Gasteiger partial charge in [0.25, 0.3) is 5.91 Å². The fraction of sp³-hybridized carbons (Fsp3) is 0.440. The van der Waals surface area contributed by atoms with Crippen LogP contribution in [0.5, 0.6) is 0 Å². The van der Waals surface area contributed by atoms with E-state index in [1.54, 1.807) is 19.1 Å². The summed E-state index contributed by atoms with van der Waals surface area (Å²) in [5, 5.41) is 2.91. The van der Waals surface area contributed by atoms with E-state index in [1.165, 1.54) is 16.0 Å². The molecule has 1 saturated heterocycles. The van der Waals surface area contributed by atoms with Gasteiger partial charge in [-0.05, 0) is 31.0 Å². The zero-order chi connectivity index (χ0) is 22.1. The van der Waals surface area contributed by atoms with Crippen LogP contribution in [-0.4, -0.2) is 50.8 Å². The molecule has 1 fully saturated rings. The monoisotopic (exact) mass is 425 g/mol. The third-order valence-corrected chi connectivity index (χ3v) is 5.78. The first-order valence-corrected chi connectivity index (χ1v) is 11.1. The second kappa shape index (κ2) is 11.6. The van der Waals surface area contributed by atoms with Crippen molar-refractivity contribution in [3.05, 3.63) is 71.3 Å². The van der Waals surface area contributed by atoms with Crippen LogP contribution in [0.4, 0.5) is 0 Å². The van der Waals surface area contributed by atoms with Gasteiger partial charge in [0.2, 0.25) is 0 Å². The number of carbonyl (C=O) groups excluding carboxylic acids is 2. The van der Waals surface area contributed by atoms with Crippen LogP contribution in [0.2, 0.25) is 0 Å². The maximum atomic E-state index is 12.5. The molecule has 1 aliphatic heterocycles. The Morgan fingerprint density at radius 3 is 2.39 bits per heavy atom. The molecule has 0 unspecified atom stereocenters. The highest BCUT2D eigenvalue weighted by atomic mass is 16.5. The van der Waals surface area contributed by atoms with Crippen molar-refractivity contribution in [2.75, 3.05) is 32.8 Å². The number of amides is 1. The summed E-state index contributed by atoms with van der Waals surface area (Å²) in [5.41, 5.74) is 2.82. The number of carbonyl (C=O) groups is 2. The number of benzene rings is 2. The van der Waals surface area contributed by atoms with Gasteiger partial charge in [-0.3, -0.25) is 4.79 Å². The fourth-order valence-corrected chi connectivity index (χ4v) is 3.76. The lowest BCUT2D eigenvalue weighted by Gasteiger charge is -2.23. The number of esters is 1. The second-order valence-corrected chi connectivity index (χ2v) is 8.04. The molecule has 0 aromatic heterocycles. The summed E-state index contributed by atoms with van der Waals surface area (Å²) in [5.74, 6) is -0.535. The molecule has 2 atom stereocenters. The van der Waals surface area contributed by atoms with E-state index in [0.29, 0.717) is 12.1 Å². The molecule has 6 nitrogen and oxygen atoms in total. The number of hydrogen-bond donors (Lipinski definition) is 2. The summed E-state index contributed by atoms with van der Waals surface area (Å²) in [7, 11) is 0. The van der Waals surface area contributed by atoms with E-state index in [9.17, 15) is 9.59 Å². The van der Waals surface area contributed by atoms with Crippen LogP contribution >= 0.6 is 0 Å². The van der Waals surface area contributed by atoms with Crippen LogP contribution in [-0.2, 0) is 20.8 Å². The Hall–Kier alpha value is -2.70. The van der Waals surface area contributed by atoms with Crippen molar-refractivity contribution in [2.24, 2.45) is 0 Å². The molecule has 0 saturated carbocycles. The molecule has 31 heavy (non-hydrogen) atoms. The Morgan fingerprint density at radius 2 is 1.74 bits per heavy atom. The normalized spacial score (nSPS) is 16.3. The number of nitrogens with one attached hydrogen (secondary N) is 2. The van der Waals surface area contributed by atoms with E-state index >= 15 is 0 Å². The average Bonchev–Trinajstić information content (AvgIpc) is 2.81. The summed E-state index contributed by atoms with van der Waals surface area (Å²) in [4.78, 5) is 26.4. The van der Waals surface area contributed by atoms with Crippen molar-refractivity contribution in [3.63, 3.8) is 0 Å². The smallest absolute Gasteiger partial charge is 0.338 e. The van der Waals surface area contributed by atoms with Crippen molar-refractivity contribution in [1.29, 1.82) is 0 Å². The van der Waals surface area contributed by atoms with E-state index in [4.69, 9.17) is 9.47 Å². The summed E-state index contributed by atoms with van der Waals surface area (Å²) >= 11 is 0. The first-order valence-electron chi connectivity index (χ1n) is 11.1. The Bertz CT molecular complexity index is 832. The molecule has 1 aliphatic rings. The summed E-state index contributed by atoms with van der Waals surface area (Å²) in [6.07, 6.45) is 0.0648. The van der Waals surface area contributed by atoms with Crippen molar-refractivity contribution in [2.45, 2.75) is 38.8 Å². The molecule has 2 N–H and O–H groups in total. The highest BCUT2D eigenvalue weighted by Gasteiger charge is 2.20. The molecule has 3 rings (SSSR count). The Labute approximate surface area is 184 Å². The molecule has 0 spiro atoms. The molecule has 166 valence electrons. The molecule has 6 heteroatoms. The standard InChI is InChI=1S/C25H32N2O4/c1-3-21(22-7-5-4-6-8-22)17-26-24(28)19(2)31-25(29)23-11-9-20(10-12-23)18-27-13-15-30-16-14-27/h4-12,19,21H,3,13-18H2,1-2H3,(H,26,28)/p+1/t19-,21+/m0/s1. The Balaban J connectivity index is 1.47. The first kappa shape index (κ1) is 23.0. The molecule has 1 amide bonds. The Morgan fingerprint density at radius 1 is 1.06 bits per heavy atom. The number of hydrogen-bond acceptors (Lipinski definition) is 4. The number of ether oxygens (including phenoxy) is 2. The van der Waals surface area contributed by atoms with E-state index in [-0.39, 0.29) is 11.8 Å². The van der Waals surface area contributed by atoms with Crippen molar-refractivity contribution >= 4 is 11.9 Å². The van der Waals surface area contributed by atoms with Gasteiger partial charge in [0.15, 0.2) is 6.10 Å². The van der Waals surface area contributed by atoms with Crippen LogP contribution in [0.15, 0.2) is 54.6 Å². The number of quaternary nitrogens is 1. The van der Waals surface area contributed by atoms with Gasteiger partial charge in [-0.25, -0.2) is 4.79 Å². The zero-order valence-corrected chi connectivity index (χ0v) is 18.4. The topological polar surface area (TPSA) is 69.1 Å². The lowest BCUT2D eigenvalue weighted by atomic mass is 9.96. The lowest BCUT2D eigenvalue weighted by molar-refractivity contribution is -0.921. The van der Waals surface area contributed by atoms with Crippen LogP contribution in [0, 0.1) is 0 Å². The van der Waals surface area contributed by atoms with Gasteiger partial charge in [0.05, 0.1) is 18.8 Å². The summed E-state index contributed by atoms with van der Waals surface area (Å²) in [6, 6.07) is 17.5. The minimum atomic E-state index is -0.849. The molecule has 2 aromatic carbocycles. The largest absolute Gasteiger partial charge is 0.449 e. The molecule has 0 aliphatic carbocycles. The third kappa shape index (κ3) is 6.91. The predicted molar refractivity (Wildman–Crippen MR) is 119 cm³/mol. The number of rotatable bonds is 9. The lowest BCUT2D eigenvalue weighted by Crippen LogP contribution is -3.12. The van der Waals surface area contributed by atoms with Crippen LogP contribution in [0.25, 0.3) is 0 Å². The molecule has 0 radical (unpaired) electrons. The van der Waals surface area contributed by atoms with Gasteiger partial charge in [0, 0.05) is 18.0 Å². The first-order chi connectivity index (χ1) is 15.1. The fourth-order valence-electron chi connectivity index (χ4n) is 3.76. The maximum absolute atomic E-state index is 12.5. The van der Waals surface area contributed by atoms with Crippen LogP contribution < -0.4 is 10.2 Å². The van der Waals surface area contributed by atoms with Gasteiger partial charge in [-0.1, -0.05) is 49.4 Å². The van der Waals surface area contributed by atoms with Gasteiger partial charge < -0.3 is 19.7 Å². The SMILES string of the molecule is CC[C@H](CNC(=O)[C@H](C)OC(=O)c1ccc(C[NH+]2CCOCC2)cc1)c1ccccc1. The predicted octanol–water partition coefficient (Wildman–Crippen LogP) is 1.96. The highest BCUT2D eigenvalue weighted by molar-refractivity contribution is 5.92. The van der Waals surface area contributed by atoms with Crippen molar-refractivity contribution in [1.82, 2.24) is 5.32 Å². The average molecular weight is 426 g/mol. The van der Waals surface area contributed by atoms with Crippen LogP contribution in [0.1, 0.15) is 47.7 Å². The summed E-state index contributed by atoms with van der Waals surface area (Å²) in [6.45, 7) is 8.72. The minimum absolute atomic E-state index is 0.231. The Kier molecular flexibility index (Phi) is 8.62. The molecule has 2 aromatic rings. The second-order valence-electron chi connectivity index (χ2n) is 8.04. The molecule has 1 heterocycles. The van der Waals surface area contributed by atoms with Gasteiger partial charge in [-0.15, -0.1) is 0 Å². The molecule has 0 bridgehead atoms. The van der Waals surface area contributed by atoms with E-state index in [2.05, 4.69) is 24.4 Å². The maximum Gasteiger partial charge on any atom is 0.338 e. The minimum Gasteiger partial charge on any atom is -0.449 e. The van der Waals surface area contributed by atoms with Crippen LogP contribution in [0.3, 0.4) is 0 Å². The van der Waals surface area contributed by atoms with Crippen molar-refractivity contribution < 1.29 is 24.0 Å². The quantitative estimate of drug-likeness (QED) is 0.603. The number of morpholine rings is 1. The van der Waals surface area contributed by atoms with E-state index in [0.717, 1.165) is 39.3 Å². The molecular weight excluding hydrogens is 392 g/mol. The molecular formula is C25H33N2O4+. The van der Waals surface area contributed by atoms with Gasteiger partial charge >= 0.3 is 5.97 Å². The van der Waals surface area contributed by atoms with Gasteiger partial charge in [-0.2, -0.15) is 0 Å². The third-order valence-electron chi connectivity index (χ3n) is 5.78. The highest BCUT2D eigenvalue weighted by Crippen LogP contribution is 2.18.